The SMILES string of the molecule is CC(C)(C)S(=O)(=O)CCn1cc2c(c1)C(N)CCCC2. The highest BCUT2D eigenvalue weighted by molar-refractivity contribution is 7.92. The van der Waals surface area contributed by atoms with E-state index in [4.69, 9.17) is 5.73 Å². The minimum absolute atomic E-state index is 0.105. The molecule has 0 spiro atoms. The van der Waals surface area contributed by atoms with Crippen molar-refractivity contribution in [3.05, 3.63) is 23.5 Å². The van der Waals surface area contributed by atoms with Gasteiger partial charge in [0.1, 0.15) is 0 Å². The first-order chi connectivity index (χ1) is 9.21. The number of aromatic nitrogens is 1. The number of nitrogens with two attached hydrogens (primary N) is 1. The Bertz CT molecular complexity index is 567. The molecule has 0 bridgehead atoms. The Labute approximate surface area is 122 Å². The second-order valence-corrected chi connectivity index (χ2v) is 9.62. The third kappa shape index (κ3) is 3.26. The lowest BCUT2D eigenvalue weighted by molar-refractivity contribution is 0.553. The van der Waals surface area contributed by atoms with Crippen molar-refractivity contribution >= 4 is 9.84 Å². The fraction of sp³-hybridized carbons (Fsp3) is 0.733. The minimum atomic E-state index is -3.07. The first kappa shape index (κ1) is 15.6. The van der Waals surface area contributed by atoms with Gasteiger partial charge in [-0.2, -0.15) is 0 Å². The maximum absolute atomic E-state index is 12.1. The van der Waals surface area contributed by atoms with E-state index in [-0.39, 0.29) is 11.8 Å². The molecular formula is C15H26N2O2S. The van der Waals surface area contributed by atoms with Gasteiger partial charge in [-0.25, -0.2) is 8.42 Å². The van der Waals surface area contributed by atoms with Gasteiger partial charge in [0.05, 0.1) is 10.5 Å². The van der Waals surface area contributed by atoms with E-state index in [0.717, 1.165) is 12.8 Å². The molecule has 1 heterocycles. The molecule has 0 fully saturated rings. The van der Waals surface area contributed by atoms with Crippen molar-refractivity contribution in [2.75, 3.05) is 5.75 Å². The molecule has 0 aliphatic heterocycles. The van der Waals surface area contributed by atoms with Crippen LogP contribution in [0.1, 0.15) is 57.2 Å². The number of hydrogen-bond donors (Lipinski definition) is 1. The van der Waals surface area contributed by atoms with Gasteiger partial charge in [0.2, 0.25) is 0 Å². The highest BCUT2D eigenvalue weighted by Gasteiger charge is 2.28. The van der Waals surface area contributed by atoms with Crippen molar-refractivity contribution in [1.82, 2.24) is 4.57 Å². The van der Waals surface area contributed by atoms with Crippen molar-refractivity contribution in [2.24, 2.45) is 5.73 Å². The average Bonchev–Trinajstić information content (AvgIpc) is 2.67. The number of nitrogens with zero attached hydrogens (tertiary/aromatic N) is 1. The third-order valence-electron chi connectivity index (χ3n) is 4.16. The molecule has 0 radical (unpaired) electrons. The fourth-order valence-electron chi connectivity index (χ4n) is 2.61. The Morgan fingerprint density at radius 1 is 1.30 bits per heavy atom. The summed E-state index contributed by atoms with van der Waals surface area (Å²) in [5.41, 5.74) is 8.68. The van der Waals surface area contributed by atoms with Gasteiger partial charge < -0.3 is 10.3 Å². The van der Waals surface area contributed by atoms with Crippen molar-refractivity contribution < 1.29 is 8.42 Å². The van der Waals surface area contributed by atoms with Crippen LogP contribution in [0.25, 0.3) is 0 Å². The number of aryl methyl sites for hydroxylation is 2. The van der Waals surface area contributed by atoms with Gasteiger partial charge in [0.25, 0.3) is 0 Å². The van der Waals surface area contributed by atoms with Gasteiger partial charge in [0, 0.05) is 25.0 Å². The zero-order valence-electron chi connectivity index (χ0n) is 12.7. The normalized spacial score (nSPS) is 20.5. The molecule has 2 N–H and O–H groups in total. The highest BCUT2D eigenvalue weighted by Crippen LogP contribution is 2.28. The summed E-state index contributed by atoms with van der Waals surface area (Å²) in [5, 5.41) is 0. The lowest BCUT2D eigenvalue weighted by Gasteiger charge is -2.19. The Morgan fingerprint density at radius 2 is 2.00 bits per heavy atom. The van der Waals surface area contributed by atoms with E-state index in [9.17, 15) is 8.42 Å². The van der Waals surface area contributed by atoms with Gasteiger partial charge in [-0.3, -0.25) is 0 Å². The summed E-state index contributed by atoms with van der Waals surface area (Å²) in [6, 6.07) is 0.105. The number of sulfone groups is 1. The van der Waals surface area contributed by atoms with E-state index in [0.29, 0.717) is 6.54 Å². The van der Waals surface area contributed by atoms with E-state index in [1.807, 2.05) is 10.8 Å². The first-order valence-electron chi connectivity index (χ1n) is 7.37. The average molecular weight is 298 g/mol. The monoisotopic (exact) mass is 298 g/mol. The molecule has 2 rings (SSSR count). The van der Waals surface area contributed by atoms with Gasteiger partial charge in [0.15, 0.2) is 9.84 Å². The van der Waals surface area contributed by atoms with Crippen molar-refractivity contribution in [3.63, 3.8) is 0 Å². The van der Waals surface area contributed by atoms with E-state index < -0.39 is 14.6 Å². The second-order valence-electron chi connectivity index (χ2n) is 6.76. The van der Waals surface area contributed by atoms with E-state index >= 15 is 0 Å². The molecule has 0 aromatic carbocycles. The van der Waals surface area contributed by atoms with Gasteiger partial charge in [-0.1, -0.05) is 6.42 Å². The standard InChI is InChI=1S/C15H26N2O2S/c1-15(2,3)20(18,19)9-8-17-10-12-6-4-5-7-14(16)13(12)11-17/h10-11,14H,4-9,16H2,1-3H3. The molecule has 0 saturated carbocycles. The van der Waals surface area contributed by atoms with Crippen molar-refractivity contribution in [3.8, 4) is 0 Å². The largest absolute Gasteiger partial charge is 0.353 e. The maximum Gasteiger partial charge on any atom is 0.156 e. The van der Waals surface area contributed by atoms with E-state index in [1.165, 1.54) is 24.0 Å². The van der Waals surface area contributed by atoms with Crippen LogP contribution < -0.4 is 5.73 Å². The van der Waals surface area contributed by atoms with Crippen LogP contribution in [-0.4, -0.2) is 23.5 Å². The Kier molecular flexibility index (Phi) is 4.30. The van der Waals surface area contributed by atoms with Crippen LogP contribution in [0.15, 0.2) is 12.4 Å². The van der Waals surface area contributed by atoms with E-state index in [2.05, 4.69) is 6.20 Å². The fourth-order valence-corrected chi connectivity index (χ4v) is 3.68. The van der Waals surface area contributed by atoms with Crippen LogP contribution in [0.5, 0.6) is 0 Å². The summed E-state index contributed by atoms with van der Waals surface area (Å²) in [6.07, 6.45) is 8.56. The van der Waals surface area contributed by atoms with E-state index in [1.54, 1.807) is 20.8 Å². The topological polar surface area (TPSA) is 65.1 Å². The molecule has 1 aliphatic carbocycles. The molecule has 1 aromatic heterocycles. The van der Waals surface area contributed by atoms with Crippen LogP contribution in [0.4, 0.5) is 0 Å². The van der Waals surface area contributed by atoms with Crippen molar-refractivity contribution in [1.29, 1.82) is 0 Å². The zero-order valence-corrected chi connectivity index (χ0v) is 13.5. The molecular weight excluding hydrogens is 272 g/mol. The molecule has 20 heavy (non-hydrogen) atoms. The lowest BCUT2D eigenvalue weighted by atomic mass is 10.1. The predicted octanol–water partition coefficient (Wildman–Crippen LogP) is 2.43. The lowest BCUT2D eigenvalue weighted by Crippen LogP contribution is -2.31. The Hall–Kier alpha value is -0.810. The smallest absolute Gasteiger partial charge is 0.156 e. The number of hydrogen-bond acceptors (Lipinski definition) is 3. The molecule has 1 aliphatic rings. The Balaban J connectivity index is 2.11. The number of fused-ring (bicyclic) bond motifs is 1. The number of rotatable bonds is 3. The van der Waals surface area contributed by atoms with Crippen LogP contribution in [-0.2, 0) is 22.8 Å². The molecule has 1 aromatic rings. The maximum atomic E-state index is 12.1. The van der Waals surface area contributed by atoms with Gasteiger partial charge in [-0.05, 0) is 51.2 Å². The summed E-state index contributed by atoms with van der Waals surface area (Å²) in [6.45, 7) is 5.77. The summed E-state index contributed by atoms with van der Waals surface area (Å²) in [7, 11) is -3.07. The molecule has 1 unspecified atom stereocenters. The highest BCUT2D eigenvalue weighted by atomic mass is 32.2. The van der Waals surface area contributed by atoms with Crippen LogP contribution >= 0.6 is 0 Å². The molecule has 5 heteroatoms. The predicted molar refractivity (Wildman–Crippen MR) is 82.5 cm³/mol. The van der Waals surface area contributed by atoms with Crippen LogP contribution in [0, 0.1) is 0 Å². The molecule has 114 valence electrons. The molecule has 0 saturated heterocycles. The molecule has 0 amide bonds. The second kappa shape index (κ2) is 5.53. The Morgan fingerprint density at radius 3 is 2.65 bits per heavy atom. The third-order valence-corrected chi connectivity index (χ3v) is 6.75. The molecule has 1 atom stereocenters. The molecule has 4 nitrogen and oxygen atoms in total. The zero-order chi connectivity index (χ0) is 15.0. The van der Waals surface area contributed by atoms with Crippen LogP contribution in [0.2, 0.25) is 0 Å². The minimum Gasteiger partial charge on any atom is -0.353 e. The van der Waals surface area contributed by atoms with Gasteiger partial charge >= 0.3 is 0 Å². The summed E-state index contributed by atoms with van der Waals surface area (Å²) < 4.78 is 25.6. The quantitative estimate of drug-likeness (QED) is 0.872. The summed E-state index contributed by atoms with van der Waals surface area (Å²) >= 11 is 0. The first-order valence-corrected chi connectivity index (χ1v) is 9.02. The van der Waals surface area contributed by atoms with Crippen molar-refractivity contribution in [2.45, 2.75) is 63.8 Å². The van der Waals surface area contributed by atoms with Gasteiger partial charge in [-0.15, -0.1) is 0 Å². The summed E-state index contributed by atoms with van der Waals surface area (Å²) in [4.78, 5) is 0. The van der Waals surface area contributed by atoms with Crippen LogP contribution in [0.3, 0.4) is 0 Å². The summed E-state index contributed by atoms with van der Waals surface area (Å²) in [5.74, 6) is 0.180.